The van der Waals surface area contributed by atoms with Crippen LogP contribution in [0.25, 0.3) is 0 Å². The molecule has 1 aliphatic rings. The molecule has 0 spiro atoms. The number of hydrogen-bond donors (Lipinski definition) is 3. The summed E-state index contributed by atoms with van der Waals surface area (Å²) >= 11 is 0. The first-order valence-corrected chi connectivity index (χ1v) is 8.39. The standard InChI is InChI=1S/C17H21F3N4O3/c18-17(19,20)12-3-1-2-11(8-12)10-24-7-6-23-16(27)13(24)9-15(26)22-5-4-14(21)25/h1-3,8,13H,4-7,9-10H2,(H2,21,25)(H,22,26)(H,23,27)/t13-/m0/s1. The molecule has 0 bridgehead atoms. The Morgan fingerprint density at radius 2 is 2.07 bits per heavy atom. The number of alkyl halides is 3. The molecule has 3 amide bonds. The van der Waals surface area contributed by atoms with Gasteiger partial charge in [-0.05, 0) is 11.6 Å². The minimum atomic E-state index is -4.45. The minimum absolute atomic E-state index is 0.0173. The van der Waals surface area contributed by atoms with Crippen LogP contribution in [0.5, 0.6) is 0 Å². The lowest BCUT2D eigenvalue weighted by Gasteiger charge is -2.34. The molecule has 1 aromatic carbocycles. The zero-order chi connectivity index (χ0) is 20.0. The van der Waals surface area contributed by atoms with E-state index in [0.717, 1.165) is 12.1 Å². The highest BCUT2D eigenvalue weighted by Gasteiger charge is 2.33. The number of nitrogens with two attached hydrogens (primary N) is 1. The van der Waals surface area contributed by atoms with Crippen molar-refractivity contribution < 1.29 is 27.6 Å². The lowest BCUT2D eigenvalue weighted by atomic mass is 10.0. The van der Waals surface area contributed by atoms with E-state index in [-0.39, 0.29) is 31.8 Å². The number of carbonyl (C=O) groups excluding carboxylic acids is 3. The molecule has 0 aromatic heterocycles. The molecule has 0 unspecified atom stereocenters. The molecule has 1 atom stereocenters. The van der Waals surface area contributed by atoms with Gasteiger partial charge in [0.2, 0.25) is 17.7 Å². The van der Waals surface area contributed by atoms with E-state index in [9.17, 15) is 27.6 Å². The fraction of sp³-hybridized carbons (Fsp3) is 0.471. The van der Waals surface area contributed by atoms with Crippen LogP contribution in [0.1, 0.15) is 24.0 Å². The van der Waals surface area contributed by atoms with E-state index < -0.39 is 29.6 Å². The third kappa shape index (κ3) is 6.24. The number of primary amides is 1. The van der Waals surface area contributed by atoms with Gasteiger partial charge in [0.15, 0.2) is 0 Å². The molecule has 0 saturated carbocycles. The molecule has 27 heavy (non-hydrogen) atoms. The number of amides is 3. The van der Waals surface area contributed by atoms with Gasteiger partial charge in [-0.3, -0.25) is 19.3 Å². The zero-order valence-electron chi connectivity index (χ0n) is 14.5. The number of benzene rings is 1. The lowest BCUT2D eigenvalue weighted by Crippen LogP contribution is -2.56. The van der Waals surface area contributed by atoms with Crippen molar-refractivity contribution in [2.75, 3.05) is 19.6 Å². The molecule has 148 valence electrons. The first-order valence-electron chi connectivity index (χ1n) is 8.39. The van der Waals surface area contributed by atoms with E-state index in [4.69, 9.17) is 5.73 Å². The van der Waals surface area contributed by atoms with Crippen LogP contribution in [0.4, 0.5) is 13.2 Å². The number of carbonyl (C=O) groups is 3. The Kier molecular flexibility index (Phi) is 6.78. The number of piperazine rings is 1. The van der Waals surface area contributed by atoms with Gasteiger partial charge >= 0.3 is 6.18 Å². The van der Waals surface area contributed by atoms with Gasteiger partial charge in [-0.15, -0.1) is 0 Å². The molecule has 1 aromatic rings. The van der Waals surface area contributed by atoms with Crippen LogP contribution in [0.3, 0.4) is 0 Å². The highest BCUT2D eigenvalue weighted by Crippen LogP contribution is 2.30. The Labute approximate surface area is 154 Å². The van der Waals surface area contributed by atoms with E-state index in [1.165, 1.54) is 6.07 Å². The zero-order valence-corrected chi connectivity index (χ0v) is 14.5. The second-order valence-electron chi connectivity index (χ2n) is 6.25. The van der Waals surface area contributed by atoms with E-state index in [1.807, 2.05) is 0 Å². The monoisotopic (exact) mass is 386 g/mol. The number of hydrogen-bond acceptors (Lipinski definition) is 4. The second-order valence-corrected chi connectivity index (χ2v) is 6.25. The van der Waals surface area contributed by atoms with Gasteiger partial charge in [0.1, 0.15) is 0 Å². The Hall–Kier alpha value is -2.62. The average Bonchev–Trinajstić information content (AvgIpc) is 2.57. The van der Waals surface area contributed by atoms with Crippen LogP contribution < -0.4 is 16.4 Å². The quantitative estimate of drug-likeness (QED) is 0.630. The van der Waals surface area contributed by atoms with Crippen molar-refractivity contribution in [1.82, 2.24) is 15.5 Å². The fourth-order valence-corrected chi connectivity index (χ4v) is 2.83. The number of nitrogens with one attached hydrogen (secondary N) is 2. The van der Waals surface area contributed by atoms with Crippen LogP contribution in [-0.4, -0.2) is 48.3 Å². The summed E-state index contributed by atoms with van der Waals surface area (Å²) < 4.78 is 38.6. The van der Waals surface area contributed by atoms with Gasteiger partial charge in [0.05, 0.1) is 18.0 Å². The summed E-state index contributed by atoms with van der Waals surface area (Å²) in [7, 11) is 0. The Morgan fingerprint density at radius 1 is 1.33 bits per heavy atom. The Balaban J connectivity index is 2.04. The van der Waals surface area contributed by atoms with Crippen molar-refractivity contribution in [2.24, 2.45) is 5.73 Å². The first-order chi connectivity index (χ1) is 12.7. The molecular weight excluding hydrogens is 365 g/mol. The second kappa shape index (κ2) is 8.85. The van der Waals surface area contributed by atoms with Crippen LogP contribution in [-0.2, 0) is 27.1 Å². The normalized spacial score (nSPS) is 18.0. The summed E-state index contributed by atoms with van der Waals surface area (Å²) in [5.74, 6) is -1.36. The van der Waals surface area contributed by atoms with Gasteiger partial charge in [-0.25, -0.2) is 0 Å². The molecule has 2 rings (SSSR count). The lowest BCUT2D eigenvalue weighted by molar-refractivity contribution is -0.137. The first kappa shape index (κ1) is 20.7. The Bertz CT molecular complexity index is 709. The van der Waals surface area contributed by atoms with Crippen LogP contribution in [0, 0.1) is 0 Å². The highest BCUT2D eigenvalue weighted by atomic mass is 19.4. The van der Waals surface area contributed by atoms with Crippen molar-refractivity contribution in [3.8, 4) is 0 Å². The van der Waals surface area contributed by atoms with E-state index in [0.29, 0.717) is 18.7 Å². The van der Waals surface area contributed by atoms with Gasteiger partial charge in [0, 0.05) is 32.6 Å². The van der Waals surface area contributed by atoms with Gasteiger partial charge in [-0.2, -0.15) is 13.2 Å². The Morgan fingerprint density at radius 3 is 2.74 bits per heavy atom. The number of nitrogens with zero attached hydrogens (tertiary/aromatic N) is 1. The smallest absolute Gasteiger partial charge is 0.370 e. The predicted octanol–water partition coefficient (Wildman–Crippen LogP) is 0.388. The van der Waals surface area contributed by atoms with Crippen molar-refractivity contribution in [3.05, 3.63) is 35.4 Å². The van der Waals surface area contributed by atoms with Crippen LogP contribution in [0.2, 0.25) is 0 Å². The minimum Gasteiger partial charge on any atom is -0.370 e. The summed E-state index contributed by atoms with van der Waals surface area (Å²) in [5, 5.41) is 5.15. The van der Waals surface area contributed by atoms with Gasteiger partial charge in [-0.1, -0.05) is 18.2 Å². The van der Waals surface area contributed by atoms with Crippen molar-refractivity contribution in [1.29, 1.82) is 0 Å². The predicted molar refractivity (Wildman–Crippen MR) is 90.1 cm³/mol. The highest BCUT2D eigenvalue weighted by molar-refractivity contribution is 5.89. The summed E-state index contributed by atoms with van der Waals surface area (Å²) in [6.07, 6.45) is -4.63. The molecule has 0 aliphatic carbocycles. The largest absolute Gasteiger partial charge is 0.416 e. The maximum absolute atomic E-state index is 12.9. The number of halogens is 3. The number of rotatable bonds is 7. The van der Waals surface area contributed by atoms with E-state index >= 15 is 0 Å². The third-order valence-electron chi connectivity index (χ3n) is 4.15. The van der Waals surface area contributed by atoms with Crippen LogP contribution >= 0.6 is 0 Å². The fourth-order valence-electron chi connectivity index (χ4n) is 2.83. The van der Waals surface area contributed by atoms with Crippen molar-refractivity contribution in [2.45, 2.75) is 31.6 Å². The SMILES string of the molecule is NC(=O)CCNC(=O)C[C@H]1C(=O)NCCN1Cc1cccc(C(F)(F)F)c1. The topological polar surface area (TPSA) is 105 Å². The van der Waals surface area contributed by atoms with Gasteiger partial charge < -0.3 is 16.4 Å². The van der Waals surface area contributed by atoms with Crippen molar-refractivity contribution >= 4 is 17.7 Å². The maximum atomic E-state index is 12.9. The average molecular weight is 386 g/mol. The molecular formula is C17H21F3N4O3. The summed E-state index contributed by atoms with van der Waals surface area (Å²) in [4.78, 5) is 36.5. The maximum Gasteiger partial charge on any atom is 0.416 e. The van der Waals surface area contributed by atoms with Gasteiger partial charge in [0.25, 0.3) is 0 Å². The molecule has 7 nitrogen and oxygen atoms in total. The molecule has 1 fully saturated rings. The summed E-state index contributed by atoms with van der Waals surface area (Å²) in [5.41, 5.74) is 4.63. The van der Waals surface area contributed by atoms with Crippen molar-refractivity contribution in [3.63, 3.8) is 0 Å². The summed E-state index contributed by atoms with van der Waals surface area (Å²) in [6, 6.07) is 4.08. The molecule has 0 radical (unpaired) electrons. The van der Waals surface area contributed by atoms with E-state index in [2.05, 4.69) is 10.6 Å². The molecule has 10 heteroatoms. The molecule has 1 aliphatic heterocycles. The van der Waals surface area contributed by atoms with Crippen LogP contribution in [0.15, 0.2) is 24.3 Å². The third-order valence-corrected chi connectivity index (χ3v) is 4.15. The van der Waals surface area contributed by atoms with E-state index in [1.54, 1.807) is 11.0 Å². The molecule has 4 N–H and O–H groups in total. The molecule has 1 saturated heterocycles. The summed E-state index contributed by atoms with van der Waals surface area (Å²) in [6.45, 7) is 0.922. The molecule has 1 heterocycles.